The molecule has 2 rings (SSSR count). The largest absolute Gasteiger partial charge is 0.367 e. The first-order valence-electron chi connectivity index (χ1n) is 5.46. The van der Waals surface area contributed by atoms with Crippen molar-refractivity contribution in [2.75, 3.05) is 23.9 Å². The van der Waals surface area contributed by atoms with E-state index in [0.717, 1.165) is 0 Å². The van der Waals surface area contributed by atoms with Gasteiger partial charge in [-0.05, 0) is 13.8 Å². The van der Waals surface area contributed by atoms with E-state index in [9.17, 15) is 4.39 Å². The van der Waals surface area contributed by atoms with E-state index in [1.165, 1.54) is 12.4 Å². The van der Waals surface area contributed by atoms with E-state index in [0.29, 0.717) is 24.9 Å². The van der Waals surface area contributed by atoms with Crippen molar-refractivity contribution in [1.29, 1.82) is 0 Å². The van der Waals surface area contributed by atoms with Gasteiger partial charge in [0.25, 0.3) is 0 Å². The second kappa shape index (κ2) is 4.74. The van der Waals surface area contributed by atoms with Crippen LogP contribution in [0.15, 0.2) is 12.4 Å². The minimum atomic E-state index is -0.435. The van der Waals surface area contributed by atoms with Gasteiger partial charge in [-0.25, -0.2) is 14.4 Å². The molecule has 17 heavy (non-hydrogen) atoms. The van der Waals surface area contributed by atoms with E-state index in [1.54, 1.807) is 0 Å². The Balaban J connectivity index is 2.17. The highest BCUT2D eigenvalue weighted by atomic mass is 35.5. The van der Waals surface area contributed by atoms with Crippen LogP contribution in [0.3, 0.4) is 0 Å². The van der Waals surface area contributed by atoms with Crippen LogP contribution in [0.5, 0.6) is 0 Å². The van der Waals surface area contributed by atoms with Gasteiger partial charge in [0.2, 0.25) is 5.95 Å². The summed E-state index contributed by atoms with van der Waals surface area (Å²) in [6.07, 6.45) is 2.27. The number of hydrogen-bond acceptors (Lipinski definition) is 4. The molecule has 0 amide bonds. The third kappa shape index (κ3) is 3.04. The van der Waals surface area contributed by atoms with Gasteiger partial charge in [-0.3, -0.25) is 0 Å². The number of rotatable bonds is 2. The zero-order valence-electron chi connectivity index (χ0n) is 9.86. The molecule has 1 fully saturated rings. The van der Waals surface area contributed by atoms with Gasteiger partial charge in [0.15, 0.2) is 5.82 Å². The van der Waals surface area contributed by atoms with Crippen molar-refractivity contribution < 1.29 is 9.13 Å². The van der Waals surface area contributed by atoms with Gasteiger partial charge < -0.3 is 9.64 Å². The summed E-state index contributed by atoms with van der Waals surface area (Å²) in [6.45, 7) is 5.26. The zero-order chi connectivity index (χ0) is 12.5. The molecule has 1 aromatic heterocycles. The van der Waals surface area contributed by atoms with Crippen LogP contribution < -0.4 is 4.90 Å². The fraction of sp³-hybridized carbons (Fsp3) is 0.636. The maximum atomic E-state index is 12.8. The summed E-state index contributed by atoms with van der Waals surface area (Å²) in [4.78, 5) is 9.92. The predicted molar refractivity (Wildman–Crippen MR) is 63.9 cm³/mol. The molecule has 1 saturated heterocycles. The van der Waals surface area contributed by atoms with E-state index < -0.39 is 5.82 Å². The number of ether oxygens (including phenoxy) is 1. The fourth-order valence-corrected chi connectivity index (χ4v) is 2.16. The molecule has 0 aromatic carbocycles. The molecule has 0 N–H and O–H groups in total. The number of hydrogen-bond donors (Lipinski definition) is 0. The van der Waals surface area contributed by atoms with Crippen LogP contribution in [0.25, 0.3) is 0 Å². The van der Waals surface area contributed by atoms with Crippen LogP contribution in [-0.4, -0.2) is 40.6 Å². The smallest absolute Gasteiger partial charge is 0.225 e. The lowest BCUT2D eigenvalue weighted by Gasteiger charge is -2.42. The van der Waals surface area contributed by atoms with Crippen LogP contribution in [0.1, 0.15) is 13.8 Å². The number of morpholine rings is 1. The van der Waals surface area contributed by atoms with Crippen molar-refractivity contribution in [2.45, 2.75) is 25.6 Å². The van der Waals surface area contributed by atoms with E-state index >= 15 is 0 Å². The molecule has 1 aliphatic heterocycles. The van der Waals surface area contributed by atoms with Crippen LogP contribution >= 0.6 is 11.6 Å². The maximum absolute atomic E-state index is 12.8. The number of alkyl halides is 1. The highest BCUT2D eigenvalue weighted by Gasteiger charge is 2.34. The molecule has 6 heteroatoms. The Morgan fingerprint density at radius 2 is 2.18 bits per heavy atom. The third-order valence-electron chi connectivity index (χ3n) is 2.54. The Bertz CT molecular complexity index is 385. The van der Waals surface area contributed by atoms with E-state index in [2.05, 4.69) is 9.97 Å². The van der Waals surface area contributed by atoms with E-state index in [-0.39, 0.29) is 11.7 Å². The first kappa shape index (κ1) is 12.5. The lowest BCUT2D eigenvalue weighted by atomic mass is 10.1. The predicted octanol–water partition coefficient (Wildman–Crippen LogP) is 1.84. The first-order valence-corrected chi connectivity index (χ1v) is 6.00. The Labute approximate surface area is 105 Å². The van der Waals surface area contributed by atoms with Gasteiger partial charge in [-0.2, -0.15) is 0 Å². The van der Waals surface area contributed by atoms with Crippen LogP contribution in [0.2, 0.25) is 0 Å². The number of anilines is 1. The van der Waals surface area contributed by atoms with Gasteiger partial charge in [-0.1, -0.05) is 0 Å². The Kier molecular flexibility index (Phi) is 3.49. The summed E-state index contributed by atoms with van der Waals surface area (Å²) >= 11 is 5.83. The molecule has 1 atom stereocenters. The van der Waals surface area contributed by atoms with Gasteiger partial charge in [0.1, 0.15) is 0 Å². The van der Waals surface area contributed by atoms with Crippen LogP contribution in [0, 0.1) is 5.82 Å². The average Bonchev–Trinajstić information content (AvgIpc) is 2.27. The van der Waals surface area contributed by atoms with Crippen molar-refractivity contribution in [3.8, 4) is 0 Å². The summed E-state index contributed by atoms with van der Waals surface area (Å²) in [7, 11) is 0. The van der Waals surface area contributed by atoms with Gasteiger partial charge in [-0.15, -0.1) is 11.6 Å². The van der Waals surface area contributed by atoms with E-state index in [4.69, 9.17) is 16.3 Å². The molecule has 0 bridgehead atoms. The highest BCUT2D eigenvalue weighted by Crippen LogP contribution is 2.24. The Hall–Kier alpha value is -0.940. The van der Waals surface area contributed by atoms with Crippen molar-refractivity contribution in [3.63, 3.8) is 0 Å². The first-order chi connectivity index (χ1) is 8.00. The highest BCUT2D eigenvalue weighted by molar-refractivity contribution is 6.18. The molecule has 0 saturated carbocycles. The molecule has 4 nitrogen and oxygen atoms in total. The number of aromatic nitrogens is 2. The number of halogens is 2. The van der Waals surface area contributed by atoms with Crippen molar-refractivity contribution in [1.82, 2.24) is 9.97 Å². The van der Waals surface area contributed by atoms with Gasteiger partial charge in [0, 0.05) is 13.1 Å². The second-order valence-electron chi connectivity index (χ2n) is 4.74. The van der Waals surface area contributed by atoms with Crippen molar-refractivity contribution >= 4 is 17.5 Å². The average molecular weight is 260 g/mol. The lowest BCUT2D eigenvalue weighted by molar-refractivity contribution is -0.0738. The third-order valence-corrected chi connectivity index (χ3v) is 2.89. The molecule has 0 spiro atoms. The molecule has 1 unspecified atom stereocenters. The molecule has 94 valence electrons. The fourth-order valence-electron chi connectivity index (χ4n) is 2.00. The minimum Gasteiger partial charge on any atom is -0.367 e. The van der Waals surface area contributed by atoms with Crippen molar-refractivity contribution in [3.05, 3.63) is 18.2 Å². The molecular formula is C11H15ClFN3O. The molecular weight excluding hydrogens is 245 g/mol. The molecule has 2 heterocycles. The SMILES string of the molecule is CC1(C)CN(c2ncc(F)cn2)CC(CCl)O1. The monoisotopic (exact) mass is 259 g/mol. The Morgan fingerprint density at radius 3 is 2.76 bits per heavy atom. The molecule has 1 aliphatic rings. The minimum absolute atomic E-state index is 0.0610. The number of nitrogens with zero attached hydrogens (tertiary/aromatic N) is 3. The second-order valence-corrected chi connectivity index (χ2v) is 5.04. The molecule has 1 aromatic rings. The Morgan fingerprint density at radius 1 is 1.53 bits per heavy atom. The summed E-state index contributed by atoms with van der Waals surface area (Å²) in [5, 5.41) is 0. The van der Waals surface area contributed by atoms with Crippen molar-refractivity contribution in [2.24, 2.45) is 0 Å². The van der Waals surface area contributed by atoms with Crippen LogP contribution in [0.4, 0.5) is 10.3 Å². The topological polar surface area (TPSA) is 38.2 Å². The molecule has 0 aliphatic carbocycles. The maximum Gasteiger partial charge on any atom is 0.225 e. The normalized spacial score (nSPS) is 23.8. The standard InChI is InChI=1S/C11H15ClFN3O/c1-11(2)7-16(6-9(3-12)17-11)10-14-4-8(13)5-15-10/h4-5,9H,3,6-7H2,1-2H3. The molecule has 0 radical (unpaired) electrons. The summed E-state index contributed by atoms with van der Waals surface area (Å²) < 4.78 is 18.6. The summed E-state index contributed by atoms with van der Waals surface area (Å²) in [5.74, 6) is 0.495. The van der Waals surface area contributed by atoms with E-state index in [1.807, 2.05) is 18.7 Å². The zero-order valence-corrected chi connectivity index (χ0v) is 10.6. The summed E-state index contributed by atoms with van der Waals surface area (Å²) in [6, 6.07) is 0. The van der Waals surface area contributed by atoms with Crippen LogP contribution in [-0.2, 0) is 4.74 Å². The quantitative estimate of drug-likeness (QED) is 0.760. The lowest BCUT2D eigenvalue weighted by Crippen LogP contribution is -2.54. The van der Waals surface area contributed by atoms with Gasteiger partial charge >= 0.3 is 0 Å². The van der Waals surface area contributed by atoms with Gasteiger partial charge in [0.05, 0.1) is 30.0 Å². The summed E-state index contributed by atoms with van der Waals surface area (Å²) in [5.41, 5.74) is -0.310.